The van der Waals surface area contributed by atoms with E-state index in [0.717, 1.165) is 30.7 Å². The average Bonchev–Trinajstić information content (AvgIpc) is 2.40. The maximum Gasteiger partial charge on any atom is 0.120 e. The lowest BCUT2D eigenvalue weighted by molar-refractivity contribution is 0.0803. The summed E-state index contributed by atoms with van der Waals surface area (Å²) in [5, 5.41) is 3.53. The molecule has 0 saturated carbocycles. The molecule has 0 aliphatic heterocycles. The van der Waals surface area contributed by atoms with Gasteiger partial charge < -0.3 is 10.1 Å². The normalized spacial score (nSPS) is 12.3. The van der Waals surface area contributed by atoms with Gasteiger partial charge in [0.2, 0.25) is 0 Å². The van der Waals surface area contributed by atoms with Gasteiger partial charge in [-0.1, -0.05) is 20.8 Å². The highest BCUT2D eigenvalue weighted by molar-refractivity contribution is 5.48. The minimum atomic E-state index is -0.0579. The number of hydrogen-bond donors (Lipinski definition) is 1. The van der Waals surface area contributed by atoms with Crippen LogP contribution in [0.5, 0.6) is 5.75 Å². The monoisotopic (exact) mass is 263 g/mol. The molecule has 1 N–H and O–H groups in total. The first kappa shape index (κ1) is 15.9. The molecule has 0 radical (unpaired) electrons. The second-order valence-corrected chi connectivity index (χ2v) is 6.15. The van der Waals surface area contributed by atoms with Gasteiger partial charge >= 0.3 is 0 Å². The number of anilines is 1. The van der Waals surface area contributed by atoms with E-state index in [2.05, 4.69) is 71.1 Å². The Balaban J connectivity index is 2.72. The highest BCUT2D eigenvalue weighted by atomic mass is 16.5. The molecule has 19 heavy (non-hydrogen) atoms. The predicted molar refractivity (Wildman–Crippen MR) is 84.0 cm³/mol. The number of hydrogen-bond acceptors (Lipinski definition) is 2. The molecule has 108 valence electrons. The van der Waals surface area contributed by atoms with Crippen LogP contribution in [0.4, 0.5) is 5.69 Å². The molecule has 1 aromatic carbocycles. The molecule has 2 nitrogen and oxygen atoms in total. The van der Waals surface area contributed by atoms with Crippen molar-refractivity contribution in [2.45, 2.75) is 71.9 Å². The molecule has 0 aliphatic carbocycles. The molecule has 0 unspecified atom stereocenters. The van der Waals surface area contributed by atoms with Crippen LogP contribution >= 0.6 is 0 Å². The number of nitrogens with one attached hydrogen (secondary N) is 1. The first-order chi connectivity index (χ1) is 8.84. The molecule has 1 aromatic rings. The number of rotatable bonds is 7. The minimum absolute atomic E-state index is 0.0579. The van der Waals surface area contributed by atoms with Gasteiger partial charge in [0.05, 0.1) is 0 Å². The third kappa shape index (κ3) is 4.77. The Labute approximate surface area is 118 Å². The Kier molecular flexibility index (Phi) is 5.28. The van der Waals surface area contributed by atoms with E-state index in [-0.39, 0.29) is 11.1 Å². The summed E-state index contributed by atoms with van der Waals surface area (Å²) in [6.07, 6.45) is 3.13. The van der Waals surface area contributed by atoms with E-state index < -0.39 is 0 Å². The first-order valence-electron chi connectivity index (χ1n) is 7.41. The van der Waals surface area contributed by atoms with E-state index in [4.69, 9.17) is 4.74 Å². The van der Waals surface area contributed by atoms with E-state index in [1.54, 1.807) is 0 Å². The molecular weight excluding hydrogens is 234 g/mol. The molecule has 0 atom stereocenters. The van der Waals surface area contributed by atoms with Gasteiger partial charge in [0.15, 0.2) is 0 Å². The molecule has 0 saturated heterocycles. The molecule has 0 bridgehead atoms. The summed E-state index contributed by atoms with van der Waals surface area (Å²) in [6.45, 7) is 13.1. The third-order valence-electron chi connectivity index (χ3n) is 4.08. The highest BCUT2D eigenvalue weighted by Gasteiger charge is 2.21. The van der Waals surface area contributed by atoms with E-state index in [1.807, 2.05) is 0 Å². The Morgan fingerprint density at radius 3 is 1.84 bits per heavy atom. The van der Waals surface area contributed by atoms with Crippen LogP contribution in [0, 0.1) is 0 Å². The smallest absolute Gasteiger partial charge is 0.120 e. The Bertz CT molecular complexity index is 377. The zero-order valence-electron chi connectivity index (χ0n) is 13.3. The van der Waals surface area contributed by atoms with E-state index in [1.165, 1.54) is 0 Å². The molecule has 0 spiro atoms. The fraction of sp³-hybridized carbons (Fsp3) is 0.647. The maximum atomic E-state index is 6.08. The molecule has 0 aliphatic rings. The van der Waals surface area contributed by atoms with Gasteiger partial charge in [0.1, 0.15) is 11.4 Å². The second-order valence-electron chi connectivity index (χ2n) is 6.15. The van der Waals surface area contributed by atoms with Crippen LogP contribution in [-0.2, 0) is 0 Å². The van der Waals surface area contributed by atoms with Crippen molar-refractivity contribution >= 4 is 5.69 Å². The first-order valence-corrected chi connectivity index (χ1v) is 7.41. The lowest BCUT2D eigenvalue weighted by Crippen LogP contribution is -2.30. The summed E-state index contributed by atoms with van der Waals surface area (Å²) >= 11 is 0. The molecule has 0 fully saturated rings. The predicted octanol–water partition coefficient (Wildman–Crippen LogP) is 5.24. The van der Waals surface area contributed by atoms with Gasteiger partial charge in [0, 0.05) is 11.2 Å². The van der Waals surface area contributed by atoms with Crippen LogP contribution in [0.15, 0.2) is 24.3 Å². The standard InChI is InChI=1S/C17H29NO/c1-7-16(4,5)18-14-10-12-15(13-11-14)19-17(6,8-2)9-3/h10-13,18H,7-9H2,1-6H3. The lowest BCUT2D eigenvalue weighted by atomic mass is 10.00. The van der Waals surface area contributed by atoms with Crippen molar-refractivity contribution in [1.29, 1.82) is 0 Å². The molecule has 2 heteroatoms. The molecule has 1 rings (SSSR count). The van der Waals surface area contributed by atoms with Crippen molar-refractivity contribution in [3.8, 4) is 5.75 Å². The van der Waals surface area contributed by atoms with Crippen LogP contribution in [0.2, 0.25) is 0 Å². The second kappa shape index (κ2) is 6.31. The lowest BCUT2D eigenvalue weighted by Gasteiger charge is -2.29. The van der Waals surface area contributed by atoms with Crippen molar-refractivity contribution in [3.05, 3.63) is 24.3 Å². The number of ether oxygens (including phenoxy) is 1. The average molecular weight is 263 g/mol. The van der Waals surface area contributed by atoms with Crippen molar-refractivity contribution in [1.82, 2.24) is 0 Å². The van der Waals surface area contributed by atoms with Crippen LogP contribution in [0.25, 0.3) is 0 Å². The maximum absolute atomic E-state index is 6.08. The van der Waals surface area contributed by atoms with Gasteiger partial charge in [0.25, 0.3) is 0 Å². The minimum Gasteiger partial charge on any atom is -0.488 e. The van der Waals surface area contributed by atoms with Gasteiger partial charge in [-0.3, -0.25) is 0 Å². The molecular formula is C17H29NO. The topological polar surface area (TPSA) is 21.3 Å². The molecule has 0 amide bonds. The van der Waals surface area contributed by atoms with Gasteiger partial charge in [-0.2, -0.15) is 0 Å². The van der Waals surface area contributed by atoms with E-state index in [0.29, 0.717) is 0 Å². The van der Waals surface area contributed by atoms with Crippen LogP contribution in [0.3, 0.4) is 0 Å². The largest absolute Gasteiger partial charge is 0.488 e. The van der Waals surface area contributed by atoms with E-state index >= 15 is 0 Å². The van der Waals surface area contributed by atoms with Crippen LogP contribution < -0.4 is 10.1 Å². The van der Waals surface area contributed by atoms with Crippen molar-refractivity contribution in [2.24, 2.45) is 0 Å². The van der Waals surface area contributed by atoms with Gasteiger partial charge in [-0.05, 0) is 64.3 Å². The summed E-state index contributed by atoms with van der Waals surface area (Å²) < 4.78 is 6.08. The quantitative estimate of drug-likeness (QED) is 0.726. The zero-order valence-corrected chi connectivity index (χ0v) is 13.3. The summed E-state index contributed by atoms with van der Waals surface area (Å²) in [7, 11) is 0. The van der Waals surface area contributed by atoms with Crippen molar-refractivity contribution < 1.29 is 4.74 Å². The zero-order chi connectivity index (χ0) is 14.5. The SMILES string of the molecule is CCC(C)(C)Nc1ccc(OC(C)(CC)CC)cc1. The Hall–Kier alpha value is -1.18. The van der Waals surface area contributed by atoms with Crippen LogP contribution in [-0.4, -0.2) is 11.1 Å². The molecule has 0 heterocycles. The molecule has 0 aromatic heterocycles. The van der Waals surface area contributed by atoms with E-state index in [9.17, 15) is 0 Å². The van der Waals surface area contributed by atoms with Gasteiger partial charge in [-0.15, -0.1) is 0 Å². The fourth-order valence-electron chi connectivity index (χ4n) is 1.76. The Morgan fingerprint density at radius 2 is 1.42 bits per heavy atom. The van der Waals surface area contributed by atoms with Crippen molar-refractivity contribution in [2.75, 3.05) is 5.32 Å². The summed E-state index contributed by atoms with van der Waals surface area (Å²) in [6, 6.07) is 8.30. The summed E-state index contributed by atoms with van der Waals surface area (Å²) in [5.41, 5.74) is 1.22. The summed E-state index contributed by atoms with van der Waals surface area (Å²) in [5.74, 6) is 0.950. The van der Waals surface area contributed by atoms with Gasteiger partial charge in [-0.25, -0.2) is 0 Å². The number of benzene rings is 1. The third-order valence-corrected chi connectivity index (χ3v) is 4.08. The van der Waals surface area contributed by atoms with Crippen LogP contribution in [0.1, 0.15) is 60.8 Å². The highest BCUT2D eigenvalue weighted by Crippen LogP contribution is 2.26. The Morgan fingerprint density at radius 1 is 0.895 bits per heavy atom. The fourth-order valence-corrected chi connectivity index (χ4v) is 1.76. The van der Waals surface area contributed by atoms with Crippen molar-refractivity contribution in [3.63, 3.8) is 0 Å². The summed E-state index contributed by atoms with van der Waals surface area (Å²) in [4.78, 5) is 0.